The maximum absolute atomic E-state index is 12.9. The molecule has 0 saturated carbocycles. The molecular weight excluding hydrogens is 396 g/mol. The van der Waals surface area contributed by atoms with Crippen LogP contribution in [0, 0.1) is 20.8 Å². The Balaban J connectivity index is 1.60. The summed E-state index contributed by atoms with van der Waals surface area (Å²) in [5, 5.41) is 0. The van der Waals surface area contributed by atoms with Crippen molar-refractivity contribution in [2.45, 2.75) is 32.1 Å². The lowest BCUT2D eigenvalue weighted by molar-refractivity contribution is 0.0989. The van der Waals surface area contributed by atoms with E-state index in [0.717, 1.165) is 27.9 Å². The first-order valence-corrected chi connectivity index (χ1v) is 11.3. The average Bonchev–Trinajstić information content (AvgIpc) is 3.13. The van der Waals surface area contributed by atoms with Gasteiger partial charge in [-0.15, -0.1) is 0 Å². The first kappa shape index (κ1) is 20.2. The van der Waals surface area contributed by atoms with Crippen molar-refractivity contribution in [2.75, 3.05) is 16.2 Å². The van der Waals surface area contributed by atoms with Crippen LogP contribution < -0.4 is 9.62 Å². The highest BCUT2D eigenvalue weighted by Gasteiger charge is 2.27. The molecule has 0 fully saturated rings. The molecule has 5 nitrogen and oxygen atoms in total. The van der Waals surface area contributed by atoms with E-state index in [1.807, 2.05) is 57.2 Å². The van der Waals surface area contributed by atoms with Gasteiger partial charge in [0.15, 0.2) is 0 Å². The Morgan fingerprint density at radius 3 is 2.30 bits per heavy atom. The van der Waals surface area contributed by atoms with Crippen LogP contribution in [-0.2, 0) is 16.4 Å². The Morgan fingerprint density at radius 1 is 0.900 bits per heavy atom. The monoisotopic (exact) mass is 420 g/mol. The van der Waals surface area contributed by atoms with Gasteiger partial charge in [0.25, 0.3) is 15.9 Å². The minimum Gasteiger partial charge on any atom is -0.308 e. The van der Waals surface area contributed by atoms with E-state index in [9.17, 15) is 13.2 Å². The van der Waals surface area contributed by atoms with Gasteiger partial charge >= 0.3 is 0 Å². The minimum absolute atomic E-state index is 0.0715. The zero-order chi connectivity index (χ0) is 21.5. The van der Waals surface area contributed by atoms with Crippen LogP contribution >= 0.6 is 0 Å². The van der Waals surface area contributed by atoms with Gasteiger partial charge in [-0.25, -0.2) is 8.42 Å². The van der Waals surface area contributed by atoms with E-state index in [1.165, 1.54) is 0 Å². The van der Waals surface area contributed by atoms with E-state index < -0.39 is 10.0 Å². The number of rotatable bonds is 4. The number of aryl methyl sites for hydroxylation is 3. The molecule has 3 aromatic carbocycles. The van der Waals surface area contributed by atoms with Crippen LogP contribution in [0.4, 0.5) is 11.4 Å². The molecule has 30 heavy (non-hydrogen) atoms. The van der Waals surface area contributed by atoms with Gasteiger partial charge in [-0.3, -0.25) is 9.52 Å². The Hall–Kier alpha value is -3.12. The van der Waals surface area contributed by atoms with Gasteiger partial charge in [0.2, 0.25) is 0 Å². The molecule has 154 valence electrons. The molecule has 1 N–H and O–H groups in total. The van der Waals surface area contributed by atoms with Crippen LogP contribution in [0.5, 0.6) is 0 Å². The second kappa shape index (κ2) is 7.61. The van der Waals surface area contributed by atoms with Gasteiger partial charge in [-0.1, -0.05) is 35.4 Å². The van der Waals surface area contributed by atoms with Gasteiger partial charge in [-0.05, 0) is 74.7 Å². The van der Waals surface area contributed by atoms with E-state index in [2.05, 4.69) is 4.72 Å². The topological polar surface area (TPSA) is 66.5 Å². The summed E-state index contributed by atoms with van der Waals surface area (Å²) in [5.74, 6) is -0.0715. The third-order valence-electron chi connectivity index (χ3n) is 5.43. The molecule has 0 bridgehead atoms. The first-order valence-electron chi connectivity index (χ1n) is 9.86. The predicted octanol–water partition coefficient (Wildman–Crippen LogP) is 4.62. The zero-order valence-electron chi connectivity index (χ0n) is 17.3. The van der Waals surface area contributed by atoms with Crippen LogP contribution in [0.1, 0.15) is 32.6 Å². The van der Waals surface area contributed by atoms with Crippen molar-refractivity contribution in [1.82, 2.24) is 0 Å². The molecule has 0 radical (unpaired) electrons. The fraction of sp³-hybridized carbons (Fsp3) is 0.208. The molecule has 6 heteroatoms. The molecule has 0 unspecified atom stereocenters. The fourth-order valence-electron chi connectivity index (χ4n) is 3.74. The Labute approximate surface area is 177 Å². The molecule has 1 amide bonds. The van der Waals surface area contributed by atoms with E-state index in [1.54, 1.807) is 29.2 Å². The third kappa shape index (κ3) is 3.83. The fourth-order valence-corrected chi connectivity index (χ4v) is 4.92. The molecule has 3 aromatic rings. The summed E-state index contributed by atoms with van der Waals surface area (Å²) in [6.45, 7) is 6.36. The molecular formula is C24H24N2O3S. The number of carbonyl (C=O) groups excluding carboxylic acids is 1. The van der Waals surface area contributed by atoms with E-state index in [-0.39, 0.29) is 10.8 Å². The largest absolute Gasteiger partial charge is 0.308 e. The smallest absolute Gasteiger partial charge is 0.261 e. The highest BCUT2D eigenvalue weighted by molar-refractivity contribution is 7.92. The van der Waals surface area contributed by atoms with Crippen LogP contribution in [0.15, 0.2) is 65.6 Å². The number of nitrogens with zero attached hydrogens (tertiary/aromatic N) is 1. The van der Waals surface area contributed by atoms with Crippen LogP contribution in [0.25, 0.3) is 0 Å². The first-order chi connectivity index (χ1) is 14.2. The molecule has 1 aliphatic rings. The molecule has 0 saturated heterocycles. The van der Waals surface area contributed by atoms with Crippen molar-refractivity contribution in [3.05, 3.63) is 88.5 Å². The highest BCUT2D eigenvalue weighted by Crippen LogP contribution is 2.32. The number of carbonyl (C=O) groups is 1. The maximum atomic E-state index is 12.9. The van der Waals surface area contributed by atoms with Crippen molar-refractivity contribution in [3.63, 3.8) is 0 Å². The summed E-state index contributed by atoms with van der Waals surface area (Å²) in [4.78, 5) is 14.8. The number of nitrogens with one attached hydrogen (secondary N) is 1. The van der Waals surface area contributed by atoms with Gasteiger partial charge in [0.1, 0.15) is 0 Å². The van der Waals surface area contributed by atoms with Crippen molar-refractivity contribution in [2.24, 2.45) is 0 Å². The molecule has 0 atom stereocenters. The standard InChI is InChI=1S/C24H24N2O3S/c1-16-4-7-19(8-5-16)24(27)26-13-12-20-15-21(9-11-23(20)26)30(28,29)25-22-10-6-17(2)14-18(22)3/h4-11,14-15,25H,12-13H2,1-3H3. The van der Waals surface area contributed by atoms with Crippen molar-refractivity contribution in [1.29, 1.82) is 0 Å². The van der Waals surface area contributed by atoms with Crippen molar-refractivity contribution >= 4 is 27.3 Å². The number of benzene rings is 3. The van der Waals surface area contributed by atoms with E-state index in [4.69, 9.17) is 0 Å². The molecule has 0 aliphatic carbocycles. The third-order valence-corrected chi connectivity index (χ3v) is 6.79. The Morgan fingerprint density at radius 2 is 1.60 bits per heavy atom. The van der Waals surface area contributed by atoms with Crippen LogP contribution in [-0.4, -0.2) is 20.9 Å². The van der Waals surface area contributed by atoms with Crippen molar-refractivity contribution < 1.29 is 13.2 Å². The normalized spacial score (nSPS) is 13.2. The van der Waals surface area contributed by atoms with Gasteiger partial charge in [0, 0.05) is 17.8 Å². The molecule has 1 aliphatic heterocycles. The second-order valence-corrected chi connectivity index (χ2v) is 9.47. The van der Waals surface area contributed by atoms with Crippen molar-refractivity contribution in [3.8, 4) is 0 Å². The minimum atomic E-state index is -3.72. The summed E-state index contributed by atoms with van der Waals surface area (Å²) >= 11 is 0. The number of amides is 1. The molecule has 0 aromatic heterocycles. The summed E-state index contributed by atoms with van der Waals surface area (Å²) in [5.41, 5.74) is 5.87. The molecule has 4 rings (SSSR count). The molecule has 1 heterocycles. The Kier molecular flexibility index (Phi) is 5.12. The summed E-state index contributed by atoms with van der Waals surface area (Å²) < 4.78 is 28.5. The summed E-state index contributed by atoms with van der Waals surface area (Å²) in [6, 6.07) is 18.0. The summed E-state index contributed by atoms with van der Waals surface area (Å²) in [7, 11) is -3.72. The molecule has 0 spiro atoms. The number of anilines is 2. The van der Waals surface area contributed by atoms with E-state index in [0.29, 0.717) is 24.2 Å². The van der Waals surface area contributed by atoms with Gasteiger partial charge in [0.05, 0.1) is 10.6 Å². The summed E-state index contributed by atoms with van der Waals surface area (Å²) in [6.07, 6.45) is 0.625. The van der Waals surface area contributed by atoms with Gasteiger partial charge in [-0.2, -0.15) is 0 Å². The number of hydrogen-bond acceptors (Lipinski definition) is 3. The maximum Gasteiger partial charge on any atom is 0.261 e. The lowest BCUT2D eigenvalue weighted by Gasteiger charge is -2.18. The highest BCUT2D eigenvalue weighted by atomic mass is 32.2. The Bertz CT molecular complexity index is 1230. The average molecular weight is 421 g/mol. The van der Waals surface area contributed by atoms with Gasteiger partial charge < -0.3 is 4.90 Å². The quantitative estimate of drug-likeness (QED) is 0.670. The number of fused-ring (bicyclic) bond motifs is 1. The number of sulfonamides is 1. The van der Waals surface area contributed by atoms with E-state index >= 15 is 0 Å². The lowest BCUT2D eigenvalue weighted by atomic mass is 10.1. The SMILES string of the molecule is Cc1ccc(C(=O)N2CCc3cc(S(=O)(=O)Nc4ccc(C)cc4C)ccc32)cc1. The number of hydrogen-bond donors (Lipinski definition) is 1. The predicted molar refractivity (Wildman–Crippen MR) is 120 cm³/mol. The second-order valence-electron chi connectivity index (χ2n) is 7.79. The van der Waals surface area contributed by atoms with Crippen LogP contribution in [0.3, 0.4) is 0 Å². The zero-order valence-corrected chi connectivity index (χ0v) is 18.1. The lowest BCUT2D eigenvalue weighted by Crippen LogP contribution is -2.28. The van der Waals surface area contributed by atoms with Crippen LogP contribution in [0.2, 0.25) is 0 Å².